The first-order valence-corrected chi connectivity index (χ1v) is 9.09. The first-order valence-electron chi connectivity index (χ1n) is 9.09. The number of carbonyl (C=O) groups is 1. The predicted molar refractivity (Wildman–Crippen MR) is 106 cm³/mol. The van der Waals surface area contributed by atoms with E-state index in [1.54, 1.807) is 12.3 Å². The Kier molecular flexibility index (Phi) is 5.73. The topological polar surface area (TPSA) is 51.7 Å². The summed E-state index contributed by atoms with van der Waals surface area (Å²) in [6.45, 7) is 6.64. The van der Waals surface area contributed by atoms with Crippen molar-refractivity contribution >= 4 is 23.1 Å². The fourth-order valence-corrected chi connectivity index (χ4v) is 3.07. The summed E-state index contributed by atoms with van der Waals surface area (Å²) in [6, 6.07) is 11.7. The number of carbonyl (C=O) groups excluding carboxylic acids is 1. The highest BCUT2D eigenvalue weighted by Gasteiger charge is 2.21. The molecule has 6 heteroatoms. The molecule has 1 aliphatic heterocycles. The summed E-state index contributed by atoms with van der Waals surface area (Å²) >= 11 is 0. The van der Waals surface area contributed by atoms with Gasteiger partial charge >= 0.3 is 0 Å². The van der Waals surface area contributed by atoms with E-state index < -0.39 is 0 Å². The predicted octanol–water partition coefficient (Wildman–Crippen LogP) is 2.67. The van der Waals surface area contributed by atoms with E-state index in [1.165, 1.54) is 0 Å². The summed E-state index contributed by atoms with van der Waals surface area (Å²) in [5, 5.41) is 3.28. The van der Waals surface area contributed by atoms with Crippen LogP contribution >= 0.6 is 0 Å². The second kappa shape index (κ2) is 8.19. The van der Waals surface area contributed by atoms with E-state index in [9.17, 15) is 4.79 Å². The first kappa shape index (κ1) is 18.2. The molecule has 26 heavy (non-hydrogen) atoms. The molecule has 6 nitrogen and oxygen atoms in total. The van der Waals surface area contributed by atoms with Crippen molar-refractivity contribution in [2.45, 2.75) is 6.92 Å². The van der Waals surface area contributed by atoms with Gasteiger partial charge in [-0.1, -0.05) is 6.92 Å². The molecule has 1 aliphatic rings. The van der Waals surface area contributed by atoms with Crippen molar-refractivity contribution < 1.29 is 4.79 Å². The number of nitrogens with zero attached hydrogens (tertiary/aromatic N) is 4. The third-order valence-corrected chi connectivity index (χ3v) is 4.77. The van der Waals surface area contributed by atoms with Crippen molar-refractivity contribution in [3.63, 3.8) is 0 Å². The Bertz CT molecular complexity index is 736. The molecule has 0 spiro atoms. The molecule has 3 rings (SSSR count). The molecule has 0 bridgehead atoms. The zero-order valence-corrected chi connectivity index (χ0v) is 15.8. The zero-order valence-electron chi connectivity index (χ0n) is 15.8. The number of pyridine rings is 1. The Morgan fingerprint density at radius 2 is 1.81 bits per heavy atom. The standard InChI is InChI=1S/C20H27N5O/c1-4-24-11-13-25(14-12-24)20(26)16-9-10-21-19(15-16)22-17-5-7-18(8-6-17)23(2)3/h5-10,15H,4,11-14H2,1-3H3,(H,21,22). The molecule has 1 fully saturated rings. The lowest BCUT2D eigenvalue weighted by Crippen LogP contribution is -2.48. The molecule has 1 saturated heterocycles. The second-order valence-electron chi connectivity index (χ2n) is 6.72. The molecule has 0 aliphatic carbocycles. The Balaban J connectivity index is 1.67. The van der Waals surface area contributed by atoms with Crippen LogP contribution in [-0.2, 0) is 0 Å². The van der Waals surface area contributed by atoms with Crippen LogP contribution < -0.4 is 10.2 Å². The highest BCUT2D eigenvalue weighted by Crippen LogP contribution is 2.20. The number of amides is 1. The van der Waals surface area contributed by atoms with Crippen molar-refractivity contribution in [3.8, 4) is 0 Å². The van der Waals surface area contributed by atoms with Crippen LogP contribution in [0.25, 0.3) is 0 Å². The first-order chi connectivity index (χ1) is 12.6. The van der Waals surface area contributed by atoms with Gasteiger partial charge < -0.3 is 20.0 Å². The number of piperazine rings is 1. The number of aromatic nitrogens is 1. The van der Waals surface area contributed by atoms with E-state index in [0.29, 0.717) is 11.4 Å². The minimum absolute atomic E-state index is 0.0779. The Hall–Kier alpha value is -2.60. The van der Waals surface area contributed by atoms with Crippen LogP contribution in [0.1, 0.15) is 17.3 Å². The molecule has 0 unspecified atom stereocenters. The van der Waals surface area contributed by atoms with Crippen LogP contribution in [0.3, 0.4) is 0 Å². The average molecular weight is 353 g/mol. The maximum absolute atomic E-state index is 12.8. The van der Waals surface area contributed by atoms with Crippen LogP contribution in [0.15, 0.2) is 42.6 Å². The number of rotatable bonds is 5. The molecule has 1 aromatic heterocycles. The van der Waals surface area contributed by atoms with Gasteiger partial charge in [0.1, 0.15) is 5.82 Å². The fourth-order valence-electron chi connectivity index (χ4n) is 3.07. The number of hydrogen-bond acceptors (Lipinski definition) is 5. The molecule has 1 aromatic carbocycles. The Morgan fingerprint density at radius 1 is 1.12 bits per heavy atom. The SMILES string of the molecule is CCN1CCN(C(=O)c2ccnc(Nc3ccc(N(C)C)cc3)c2)CC1. The minimum atomic E-state index is 0.0779. The molecular weight excluding hydrogens is 326 g/mol. The van der Waals surface area contributed by atoms with E-state index in [-0.39, 0.29) is 5.91 Å². The lowest BCUT2D eigenvalue weighted by molar-refractivity contribution is 0.0643. The number of anilines is 3. The van der Waals surface area contributed by atoms with E-state index in [0.717, 1.165) is 44.1 Å². The van der Waals surface area contributed by atoms with Crippen molar-refractivity contribution in [2.24, 2.45) is 0 Å². The summed E-state index contributed by atoms with van der Waals surface area (Å²) in [5.41, 5.74) is 2.76. The Labute approximate surface area is 155 Å². The number of likely N-dealkylation sites (N-methyl/N-ethyl adjacent to an activating group) is 1. The van der Waals surface area contributed by atoms with Gasteiger partial charge in [0.05, 0.1) is 0 Å². The van der Waals surface area contributed by atoms with Crippen molar-refractivity contribution in [2.75, 3.05) is 57.0 Å². The van der Waals surface area contributed by atoms with E-state index >= 15 is 0 Å². The van der Waals surface area contributed by atoms with Crippen LogP contribution in [0.4, 0.5) is 17.2 Å². The van der Waals surface area contributed by atoms with Crippen LogP contribution in [-0.4, -0.2) is 67.5 Å². The average Bonchev–Trinajstić information content (AvgIpc) is 2.68. The lowest BCUT2D eigenvalue weighted by Gasteiger charge is -2.34. The number of hydrogen-bond donors (Lipinski definition) is 1. The van der Waals surface area contributed by atoms with E-state index in [2.05, 4.69) is 27.0 Å². The normalized spacial score (nSPS) is 15.0. The monoisotopic (exact) mass is 353 g/mol. The van der Waals surface area contributed by atoms with Crippen molar-refractivity contribution in [3.05, 3.63) is 48.2 Å². The van der Waals surface area contributed by atoms with E-state index in [4.69, 9.17) is 0 Å². The minimum Gasteiger partial charge on any atom is -0.378 e. The van der Waals surface area contributed by atoms with Crippen LogP contribution in [0.5, 0.6) is 0 Å². The summed E-state index contributed by atoms with van der Waals surface area (Å²) in [5.74, 6) is 0.759. The molecule has 1 N–H and O–H groups in total. The molecular formula is C20H27N5O. The van der Waals surface area contributed by atoms with Gasteiger partial charge in [-0.2, -0.15) is 0 Å². The van der Waals surface area contributed by atoms with Gasteiger partial charge in [-0.15, -0.1) is 0 Å². The van der Waals surface area contributed by atoms with Gasteiger partial charge in [-0.05, 0) is 42.9 Å². The number of benzene rings is 1. The largest absolute Gasteiger partial charge is 0.378 e. The molecule has 138 valence electrons. The third-order valence-electron chi connectivity index (χ3n) is 4.77. The van der Waals surface area contributed by atoms with Crippen molar-refractivity contribution in [1.29, 1.82) is 0 Å². The summed E-state index contributed by atoms with van der Waals surface area (Å²) in [7, 11) is 4.03. The van der Waals surface area contributed by atoms with E-state index in [1.807, 2.05) is 49.3 Å². The summed E-state index contributed by atoms with van der Waals surface area (Å²) < 4.78 is 0. The smallest absolute Gasteiger partial charge is 0.254 e. The van der Waals surface area contributed by atoms with Crippen molar-refractivity contribution in [1.82, 2.24) is 14.8 Å². The summed E-state index contributed by atoms with van der Waals surface area (Å²) in [6.07, 6.45) is 1.69. The molecule has 2 aromatic rings. The quantitative estimate of drug-likeness (QED) is 0.896. The Morgan fingerprint density at radius 3 is 2.42 bits per heavy atom. The lowest BCUT2D eigenvalue weighted by atomic mass is 10.2. The van der Waals surface area contributed by atoms with Gasteiger partial charge in [0, 0.05) is 63.4 Å². The second-order valence-corrected chi connectivity index (χ2v) is 6.72. The zero-order chi connectivity index (χ0) is 18.5. The van der Waals surface area contributed by atoms with Gasteiger partial charge in [-0.25, -0.2) is 4.98 Å². The molecule has 0 radical (unpaired) electrons. The highest BCUT2D eigenvalue weighted by molar-refractivity contribution is 5.95. The molecule has 2 heterocycles. The van der Waals surface area contributed by atoms with Gasteiger partial charge in [0.15, 0.2) is 0 Å². The van der Waals surface area contributed by atoms with Gasteiger partial charge in [0.2, 0.25) is 0 Å². The molecule has 0 atom stereocenters. The fraction of sp³-hybridized carbons (Fsp3) is 0.400. The molecule has 0 saturated carbocycles. The number of nitrogens with one attached hydrogen (secondary N) is 1. The molecule has 1 amide bonds. The summed E-state index contributed by atoms with van der Waals surface area (Å²) in [4.78, 5) is 23.5. The highest BCUT2D eigenvalue weighted by atomic mass is 16.2. The van der Waals surface area contributed by atoms with Crippen LogP contribution in [0.2, 0.25) is 0 Å². The van der Waals surface area contributed by atoms with Gasteiger partial charge in [0.25, 0.3) is 5.91 Å². The maximum Gasteiger partial charge on any atom is 0.254 e. The van der Waals surface area contributed by atoms with Crippen LogP contribution in [0, 0.1) is 0 Å². The van der Waals surface area contributed by atoms with Gasteiger partial charge in [-0.3, -0.25) is 4.79 Å². The maximum atomic E-state index is 12.8. The third kappa shape index (κ3) is 4.32.